The quantitative estimate of drug-likeness (QED) is 0.739. The lowest BCUT2D eigenvalue weighted by molar-refractivity contribution is -0.120. The molecule has 0 spiro atoms. The van der Waals surface area contributed by atoms with Gasteiger partial charge in [0.1, 0.15) is 5.78 Å². The molecule has 4 fully saturated rings. The molecule has 164 valence electrons. The second-order valence-corrected chi connectivity index (χ2v) is 7.81. The van der Waals surface area contributed by atoms with Crippen LogP contribution in [0.4, 0.5) is 0 Å². The first-order chi connectivity index (χ1) is 11.4. The summed E-state index contributed by atoms with van der Waals surface area (Å²) in [5.74, 6) is 0.315. The molecule has 4 aliphatic rings. The van der Waals surface area contributed by atoms with Gasteiger partial charge in [-0.1, -0.05) is 7.43 Å². The van der Waals surface area contributed by atoms with Crippen LogP contribution < -0.4 is 0 Å². The van der Waals surface area contributed by atoms with Crippen molar-refractivity contribution in [3.8, 4) is 0 Å². The molecular weight excluding hydrogens is 380 g/mol. The van der Waals surface area contributed by atoms with E-state index in [0.29, 0.717) is 11.8 Å². The molecule has 0 amide bonds. The summed E-state index contributed by atoms with van der Waals surface area (Å²) in [7, 11) is 4.13. The summed E-state index contributed by atoms with van der Waals surface area (Å²) in [4.78, 5) is 15.2. The fourth-order valence-electron chi connectivity index (χ4n) is 3.98. The number of ketones is 1. The van der Waals surface area contributed by atoms with E-state index in [1.807, 2.05) is 7.05 Å². The molecule has 5 nitrogen and oxygen atoms in total. The van der Waals surface area contributed by atoms with Gasteiger partial charge in [0.05, 0.1) is 11.6 Å². The van der Waals surface area contributed by atoms with Crippen LogP contribution in [0, 0.1) is 0 Å². The molecule has 1 saturated carbocycles. The van der Waals surface area contributed by atoms with Gasteiger partial charge in [-0.05, 0) is 85.5 Å². The van der Waals surface area contributed by atoms with Crippen LogP contribution in [0.25, 0.3) is 0 Å². The SMILES string of the molecule is C.C1CCOC1.CC(=O)[C@@H]1CCCN1C.CN1CCC[C@H]1C1(O)CC1.S.S. The van der Waals surface area contributed by atoms with E-state index < -0.39 is 0 Å². The van der Waals surface area contributed by atoms with E-state index in [2.05, 4.69) is 16.8 Å². The van der Waals surface area contributed by atoms with Crippen LogP contribution in [0.2, 0.25) is 0 Å². The normalized spacial score (nSPS) is 28.3. The van der Waals surface area contributed by atoms with Crippen molar-refractivity contribution < 1.29 is 14.6 Å². The average molecular weight is 425 g/mol. The first kappa shape index (κ1) is 29.4. The molecule has 0 unspecified atom stereocenters. The Morgan fingerprint density at radius 3 is 1.74 bits per heavy atom. The Morgan fingerprint density at radius 2 is 1.48 bits per heavy atom. The van der Waals surface area contributed by atoms with E-state index in [9.17, 15) is 9.90 Å². The molecule has 0 radical (unpaired) electrons. The van der Waals surface area contributed by atoms with Gasteiger partial charge in [-0.2, -0.15) is 27.0 Å². The maximum Gasteiger partial charge on any atom is 0.146 e. The van der Waals surface area contributed by atoms with Crippen LogP contribution in [-0.2, 0) is 9.53 Å². The van der Waals surface area contributed by atoms with Gasteiger partial charge >= 0.3 is 0 Å². The smallest absolute Gasteiger partial charge is 0.146 e. The van der Waals surface area contributed by atoms with Crippen molar-refractivity contribution in [1.82, 2.24) is 9.80 Å². The van der Waals surface area contributed by atoms with Crippen LogP contribution in [0.1, 0.15) is 65.7 Å². The minimum Gasteiger partial charge on any atom is -0.388 e. The Labute approximate surface area is 181 Å². The number of likely N-dealkylation sites (tertiary alicyclic amines) is 2. The number of nitrogens with zero attached hydrogens (tertiary/aromatic N) is 2. The van der Waals surface area contributed by atoms with Gasteiger partial charge in [-0.15, -0.1) is 0 Å². The number of Topliss-reactive ketones (excluding diaryl/α,β-unsaturated/α-hetero) is 1. The lowest BCUT2D eigenvalue weighted by atomic mass is 10.1. The van der Waals surface area contributed by atoms with Crippen molar-refractivity contribution >= 4 is 32.8 Å². The number of aliphatic hydroxyl groups is 1. The predicted octanol–water partition coefficient (Wildman–Crippen LogP) is 2.93. The lowest BCUT2D eigenvalue weighted by Gasteiger charge is -2.24. The second-order valence-electron chi connectivity index (χ2n) is 7.81. The minimum absolute atomic E-state index is 0. The molecule has 3 heterocycles. The number of likely N-dealkylation sites (N-methyl/N-ethyl adjacent to an activating group) is 2. The Kier molecular flexibility index (Phi) is 15.5. The maximum atomic E-state index is 10.8. The molecule has 4 rings (SSSR count). The fraction of sp³-hybridized carbons (Fsp3) is 0.950. The maximum absolute atomic E-state index is 10.8. The number of hydrogen-bond donors (Lipinski definition) is 1. The van der Waals surface area contributed by atoms with Gasteiger partial charge in [0, 0.05) is 19.3 Å². The topological polar surface area (TPSA) is 53.0 Å². The number of rotatable bonds is 2. The molecule has 1 aliphatic carbocycles. The predicted molar refractivity (Wildman–Crippen MR) is 124 cm³/mol. The van der Waals surface area contributed by atoms with Gasteiger partial charge in [0.15, 0.2) is 0 Å². The zero-order valence-corrected chi connectivity index (χ0v) is 18.8. The van der Waals surface area contributed by atoms with Crippen molar-refractivity contribution in [2.24, 2.45) is 0 Å². The van der Waals surface area contributed by atoms with Gasteiger partial charge in [0.25, 0.3) is 0 Å². The molecule has 3 saturated heterocycles. The minimum atomic E-state index is -0.273. The summed E-state index contributed by atoms with van der Waals surface area (Å²) in [6, 6.07) is 0.706. The summed E-state index contributed by atoms with van der Waals surface area (Å²) < 4.78 is 4.94. The third-order valence-electron chi connectivity index (χ3n) is 5.72. The third-order valence-corrected chi connectivity index (χ3v) is 5.72. The van der Waals surface area contributed by atoms with E-state index in [4.69, 9.17) is 4.74 Å². The van der Waals surface area contributed by atoms with E-state index in [0.717, 1.165) is 39.0 Å². The molecule has 0 aromatic heterocycles. The van der Waals surface area contributed by atoms with Gasteiger partial charge in [-0.25, -0.2) is 0 Å². The lowest BCUT2D eigenvalue weighted by Crippen LogP contribution is -2.37. The number of hydrogen-bond acceptors (Lipinski definition) is 5. The Balaban J connectivity index is 0. The number of carbonyl (C=O) groups excluding carboxylic acids is 1. The number of carbonyl (C=O) groups is 1. The van der Waals surface area contributed by atoms with Crippen molar-refractivity contribution in [3.05, 3.63) is 0 Å². The van der Waals surface area contributed by atoms with Crippen molar-refractivity contribution in [1.29, 1.82) is 0 Å². The molecule has 1 N–H and O–H groups in total. The molecule has 27 heavy (non-hydrogen) atoms. The van der Waals surface area contributed by atoms with E-state index >= 15 is 0 Å². The highest BCUT2D eigenvalue weighted by atomic mass is 32.1. The molecular formula is C20H44N2O3S2. The molecule has 2 atom stereocenters. The first-order valence-electron chi connectivity index (χ1n) is 9.65. The largest absolute Gasteiger partial charge is 0.388 e. The average Bonchev–Trinajstić information content (AvgIpc) is 3.07. The zero-order chi connectivity index (χ0) is 17.6. The summed E-state index contributed by atoms with van der Waals surface area (Å²) in [5, 5.41) is 9.76. The van der Waals surface area contributed by atoms with Crippen molar-refractivity contribution in [3.63, 3.8) is 0 Å². The zero-order valence-electron chi connectivity index (χ0n) is 16.8. The molecule has 0 aromatic rings. The summed E-state index contributed by atoms with van der Waals surface area (Å²) in [5.41, 5.74) is -0.273. The summed E-state index contributed by atoms with van der Waals surface area (Å²) >= 11 is 0. The fourth-order valence-corrected chi connectivity index (χ4v) is 3.98. The highest BCUT2D eigenvalue weighted by Gasteiger charge is 2.50. The highest BCUT2D eigenvalue weighted by molar-refractivity contribution is 7.59. The highest BCUT2D eigenvalue weighted by Crippen LogP contribution is 2.43. The van der Waals surface area contributed by atoms with Crippen molar-refractivity contribution in [2.75, 3.05) is 40.4 Å². The Morgan fingerprint density at radius 1 is 0.963 bits per heavy atom. The van der Waals surface area contributed by atoms with E-state index in [1.54, 1.807) is 6.92 Å². The monoisotopic (exact) mass is 424 g/mol. The van der Waals surface area contributed by atoms with Crippen LogP contribution in [0.15, 0.2) is 0 Å². The van der Waals surface area contributed by atoms with E-state index in [1.165, 1.54) is 38.6 Å². The summed E-state index contributed by atoms with van der Waals surface area (Å²) in [6.45, 7) is 5.93. The second kappa shape index (κ2) is 14.2. The van der Waals surface area contributed by atoms with Gasteiger partial charge in [-0.3, -0.25) is 9.69 Å². The van der Waals surface area contributed by atoms with Crippen LogP contribution in [-0.4, -0.2) is 78.8 Å². The van der Waals surface area contributed by atoms with Gasteiger partial charge < -0.3 is 14.7 Å². The number of ether oxygens (including phenoxy) is 1. The summed E-state index contributed by atoms with van der Waals surface area (Å²) in [6.07, 6.45) is 9.33. The standard InChI is InChI=1S/C8H15NO.C7H13NO.C4H8O.CH4.2H2S/c1-9-6-2-3-7(9)8(10)4-5-8;1-6(9)7-4-3-5-8(7)2;1-2-4-5-3-1;;;/h7,10H,2-6H2,1H3;7H,3-5H2,1-2H3;1-4H2;1H4;2*1H2/t2*7-;;;;/m00..../s1. The van der Waals surface area contributed by atoms with Crippen molar-refractivity contribution in [2.45, 2.75) is 83.4 Å². The first-order valence-corrected chi connectivity index (χ1v) is 9.65. The Bertz CT molecular complexity index is 397. The van der Waals surface area contributed by atoms with E-state index in [-0.39, 0.29) is 46.1 Å². The molecule has 0 aromatic carbocycles. The van der Waals surface area contributed by atoms with Crippen LogP contribution >= 0.6 is 27.0 Å². The van der Waals surface area contributed by atoms with Crippen LogP contribution in [0.3, 0.4) is 0 Å². The van der Waals surface area contributed by atoms with Crippen LogP contribution in [0.5, 0.6) is 0 Å². The van der Waals surface area contributed by atoms with Gasteiger partial charge in [0.2, 0.25) is 0 Å². The molecule has 3 aliphatic heterocycles. The Hall–Kier alpha value is 0.210. The molecule has 0 bridgehead atoms. The third kappa shape index (κ3) is 9.50. The molecule has 7 heteroatoms.